The quantitative estimate of drug-likeness (QED) is 0.0594. The average molecular weight is 883 g/mol. The highest BCUT2D eigenvalue weighted by Gasteiger charge is 2.29. The van der Waals surface area contributed by atoms with E-state index in [9.17, 15) is 19.2 Å². The minimum absolute atomic E-state index is 0. The van der Waals surface area contributed by atoms with Crippen LogP contribution in [-0.2, 0) is 51.2 Å². The number of hydrogen-bond donors (Lipinski definition) is 2. The third kappa shape index (κ3) is 23.3. The van der Waals surface area contributed by atoms with E-state index in [2.05, 4.69) is 15.3 Å². The van der Waals surface area contributed by atoms with Crippen LogP contribution in [0.1, 0.15) is 88.8 Å². The molecule has 0 saturated carbocycles. The van der Waals surface area contributed by atoms with Gasteiger partial charge in [0.05, 0.1) is 23.5 Å². The lowest BCUT2D eigenvalue weighted by Gasteiger charge is -2.21. The molecule has 3 N–H and O–H groups in total. The predicted molar refractivity (Wildman–Crippen MR) is 244 cm³/mol. The van der Waals surface area contributed by atoms with E-state index in [-0.39, 0.29) is 46.2 Å². The molecule has 14 nitrogen and oxygen atoms in total. The molecule has 0 spiro atoms. The first-order valence-electron chi connectivity index (χ1n) is 19.2. The Labute approximate surface area is 372 Å². The lowest BCUT2D eigenvalue weighted by atomic mass is 9.94. The molecule has 2 aromatic carbocycles. The van der Waals surface area contributed by atoms with Gasteiger partial charge in [0.25, 0.3) is 0 Å². The normalized spacial score (nSPS) is 10.6. The van der Waals surface area contributed by atoms with Gasteiger partial charge >= 0.3 is 23.9 Å². The van der Waals surface area contributed by atoms with Gasteiger partial charge < -0.3 is 39.1 Å². The van der Waals surface area contributed by atoms with Gasteiger partial charge in [-0.3, -0.25) is 9.59 Å². The Morgan fingerprint density at radius 1 is 0.733 bits per heavy atom. The van der Waals surface area contributed by atoms with Crippen molar-refractivity contribution >= 4 is 60.8 Å². The molecule has 0 atom stereocenters. The predicted octanol–water partition coefficient (Wildman–Crippen LogP) is 7.99. The zero-order chi connectivity index (χ0) is 43.4. The van der Waals surface area contributed by atoms with Gasteiger partial charge in [0.15, 0.2) is 0 Å². The van der Waals surface area contributed by atoms with E-state index in [1.807, 2.05) is 70.1 Å². The second kappa shape index (κ2) is 32.6. The molecular weight excluding hydrogens is 811 g/mol. The van der Waals surface area contributed by atoms with Crippen LogP contribution < -0.4 is 11.1 Å². The van der Waals surface area contributed by atoms with Crippen molar-refractivity contribution in [3.63, 3.8) is 0 Å². The highest BCUT2D eigenvalue weighted by molar-refractivity contribution is 5.88. The number of nitrogens with zero attached hydrogens (tertiary/aromatic N) is 4. The van der Waals surface area contributed by atoms with E-state index >= 15 is 0 Å². The Morgan fingerprint density at radius 3 is 1.42 bits per heavy atom. The molecule has 60 heavy (non-hydrogen) atoms. The molecule has 2 heterocycles. The zero-order valence-corrected chi connectivity index (χ0v) is 35.9. The molecule has 4 aromatic rings. The summed E-state index contributed by atoms with van der Waals surface area (Å²) >= 11 is 0. The maximum absolute atomic E-state index is 11.9. The second-order valence-corrected chi connectivity index (χ2v) is 13.1. The summed E-state index contributed by atoms with van der Waals surface area (Å²) in [7, 11) is 3.00. The second-order valence-electron chi connectivity index (χ2n) is 13.1. The van der Waals surface area contributed by atoms with E-state index in [1.165, 1.54) is 19.6 Å². The van der Waals surface area contributed by atoms with Crippen molar-refractivity contribution in [1.29, 1.82) is 0 Å². The van der Waals surface area contributed by atoms with Gasteiger partial charge in [0, 0.05) is 65.9 Å². The van der Waals surface area contributed by atoms with Gasteiger partial charge in [-0.1, -0.05) is 84.6 Å². The molecule has 336 valence electrons. The van der Waals surface area contributed by atoms with Gasteiger partial charge in [0.1, 0.15) is 0 Å². The van der Waals surface area contributed by atoms with Crippen LogP contribution in [0.15, 0.2) is 98.1 Å². The summed E-state index contributed by atoms with van der Waals surface area (Å²) in [4.78, 5) is 55.0. The molecule has 4 rings (SSSR count). The topological polar surface area (TPSA) is 179 Å². The Hall–Kier alpha value is -5.28. The number of rotatable bonds is 17. The molecule has 0 bridgehead atoms. The summed E-state index contributed by atoms with van der Waals surface area (Å²) < 4.78 is 35.5. The van der Waals surface area contributed by atoms with Crippen molar-refractivity contribution in [1.82, 2.24) is 24.4 Å². The van der Waals surface area contributed by atoms with Crippen LogP contribution in [0.25, 0.3) is 12.2 Å². The average Bonchev–Trinajstić information content (AvgIpc) is 3.93. The molecule has 0 amide bonds. The maximum Gasteiger partial charge on any atom is 0.333 e. The van der Waals surface area contributed by atoms with E-state index in [0.29, 0.717) is 13.4 Å². The molecule has 0 radical (unpaired) electrons. The number of benzene rings is 2. The highest BCUT2D eigenvalue weighted by atomic mass is 35.5. The summed E-state index contributed by atoms with van der Waals surface area (Å²) in [6.45, 7) is 10.4. The Morgan fingerprint density at radius 2 is 1.10 bits per heavy atom. The number of carbonyl (C=O) groups is 4. The fourth-order valence-corrected chi connectivity index (χ4v) is 4.35. The van der Waals surface area contributed by atoms with Crippen LogP contribution in [0, 0.1) is 10.8 Å². The van der Waals surface area contributed by atoms with Crippen LogP contribution in [0.5, 0.6) is 0 Å². The van der Waals surface area contributed by atoms with Crippen LogP contribution in [-0.4, -0.2) is 76.7 Å². The fourth-order valence-electron chi connectivity index (χ4n) is 4.35. The molecule has 0 fully saturated rings. The number of carbonyl (C=O) groups excluding carboxylic acids is 4. The molecule has 0 unspecified atom stereocenters. The van der Waals surface area contributed by atoms with E-state index in [4.69, 9.17) is 27.4 Å². The number of halogens is 2. The summed E-state index contributed by atoms with van der Waals surface area (Å²) in [6.07, 6.45) is 16.7. The number of esters is 4. The Kier molecular flexibility index (Phi) is 30.8. The standard InChI is InChI=1S/C20H25N3O4.C19H23N3O4.C2H6.3CH4.2ClH/c1-20(2,13-21-3)19(25)27-15-26-18(24)9-8-16-4-6-17(7-5-16)12-23-11-10-22-14-23;1-19(2,12-20)18(24)26-14-25-17(23)8-7-15-3-5-16(6-4-15)11-22-10-9-21-13-22;1-2;;;;;/h4-11,14,21H,12-13,15H2,1-3H3;3-10,13H,11-12,14,20H2,1-2H3;1-2H3;3*1H4;2*1H/b9-8+;8-7+;;;;;;/i;;1D;1T;;;;. The molecule has 0 aliphatic carbocycles. The summed E-state index contributed by atoms with van der Waals surface area (Å²) in [6, 6.07) is 15.5. The van der Waals surface area contributed by atoms with Gasteiger partial charge in [-0.15, -0.1) is 24.8 Å². The molecule has 0 saturated heterocycles. The van der Waals surface area contributed by atoms with E-state index in [0.717, 1.165) is 35.3 Å². The number of nitrogens with one attached hydrogen (secondary N) is 1. The van der Waals surface area contributed by atoms with Gasteiger partial charge in [-0.2, -0.15) is 0 Å². The SMILES string of the molecule is C.C.CC(C)(CN)C(=O)OCOC(=O)/C=C/c1ccc(Cn2ccnc2)cc1.CNCC(C)(C)C(=O)OCOC(=O)/C=C/c1ccc(Cn2ccnc2)cc1.Cl.Cl.[2H]CC.[3H]C. The van der Waals surface area contributed by atoms with Crippen LogP contribution in [0.2, 0.25) is 0 Å². The molecule has 0 aliphatic heterocycles. The number of hydrogen-bond acceptors (Lipinski definition) is 12. The zero-order valence-electron chi connectivity index (χ0n) is 36.3. The van der Waals surface area contributed by atoms with Gasteiger partial charge in [0.2, 0.25) is 13.6 Å². The van der Waals surface area contributed by atoms with Crippen LogP contribution in [0.4, 0.5) is 0 Å². The summed E-state index contributed by atoms with van der Waals surface area (Å²) in [5.41, 5.74) is 7.96. The summed E-state index contributed by atoms with van der Waals surface area (Å²) in [5, 5.41) is 2.92. The van der Waals surface area contributed by atoms with Crippen molar-refractivity contribution in [2.24, 2.45) is 16.6 Å². The minimum Gasteiger partial charge on any atom is -0.427 e. The third-order valence-corrected chi connectivity index (χ3v) is 7.65. The van der Waals surface area contributed by atoms with Crippen molar-refractivity contribution in [2.45, 2.75) is 76.9 Å². The number of aromatic nitrogens is 4. The number of ether oxygens (including phenoxy) is 4. The maximum atomic E-state index is 11.9. The van der Waals surface area contributed by atoms with Crippen molar-refractivity contribution in [3.8, 4) is 0 Å². The third-order valence-electron chi connectivity index (χ3n) is 7.65. The number of nitrogens with two attached hydrogens (primary N) is 1. The highest BCUT2D eigenvalue weighted by Crippen LogP contribution is 2.16. The fraction of sp³-hybridized carbons (Fsp3) is 0.409. The van der Waals surface area contributed by atoms with Gasteiger partial charge in [-0.05, 0) is 69.1 Å². The minimum atomic E-state index is -0.805. The lowest BCUT2D eigenvalue weighted by Crippen LogP contribution is -2.36. The molecular formula is C44H68Cl2N6O8. The monoisotopic (exact) mass is 881 g/mol. The summed E-state index contributed by atoms with van der Waals surface area (Å²) in [5.74, 6) is -2.10. The van der Waals surface area contributed by atoms with Crippen molar-refractivity contribution in [2.75, 3.05) is 33.7 Å². The molecule has 16 heteroatoms. The van der Waals surface area contributed by atoms with Crippen LogP contribution in [0.3, 0.4) is 0 Å². The Bertz CT molecular complexity index is 1820. The van der Waals surface area contributed by atoms with E-state index in [1.54, 1.807) is 78.9 Å². The van der Waals surface area contributed by atoms with Gasteiger partial charge in [-0.25, -0.2) is 19.6 Å². The smallest absolute Gasteiger partial charge is 0.333 e. The van der Waals surface area contributed by atoms with Crippen LogP contribution >= 0.6 is 24.8 Å². The first kappa shape index (κ1) is 56.8. The largest absolute Gasteiger partial charge is 0.427 e. The molecule has 2 aromatic heterocycles. The lowest BCUT2D eigenvalue weighted by molar-refractivity contribution is -0.172. The number of imidazole rings is 2. The molecule has 0 aliphatic rings. The first-order valence-corrected chi connectivity index (χ1v) is 17.5. The van der Waals surface area contributed by atoms with Crippen molar-refractivity contribution in [3.05, 3.63) is 120 Å². The van der Waals surface area contributed by atoms with Crippen molar-refractivity contribution < 1.29 is 40.9 Å². The first-order chi connectivity index (χ1) is 27.7. The Balaban J connectivity index is -0.000000464. The van der Waals surface area contributed by atoms with E-state index < -0.39 is 48.3 Å².